The fraction of sp³-hybridized carbons (Fsp3) is 0.714. The van der Waals surface area contributed by atoms with Crippen LogP contribution in [-0.2, 0) is 17.3 Å². The summed E-state index contributed by atoms with van der Waals surface area (Å²) in [6.07, 6.45) is 4.39. The summed E-state index contributed by atoms with van der Waals surface area (Å²) in [7, 11) is 1.87. The highest BCUT2D eigenvalue weighted by molar-refractivity contribution is 5.81. The van der Waals surface area contributed by atoms with Crippen molar-refractivity contribution >= 4 is 5.91 Å². The van der Waals surface area contributed by atoms with E-state index in [1.54, 1.807) is 4.68 Å². The zero-order valence-electron chi connectivity index (χ0n) is 12.2. The van der Waals surface area contributed by atoms with Crippen molar-refractivity contribution in [2.24, 2.45) is 18.7 Å². The van der Waals surface area contributed by atoms with Crippen LogP contribution in [0.3, 0.4) is 0 Å². The van der Waals surface area contributed by atoms with Crippen LogP contribution in [-0.4, -0.2) is 22.2 Å². The standard InChI is InChI=1S/C14H24N4O/c1-14(2,3)12-10(8-18(4)17-12)11(13(15)19)16-7-9-5-6-9/h8-9,11,16H,5-7H2,1-4H3,(H2,15,19). The van der Waals surface area contributed by atoms with Crippen LogP contribution in [0.15, 0.2) is 6.20 Å². The SMILES string of the molecule is Cn1cc(C(NCC2CC2)C(N)=O)c(C(C)(C)C)n1. The van der Waals surface area contributed by atoms with Crippen molar-refractivity contribution < 1.29 is 4.79 Å². The minimum atomic E-state index is -0.441. The molecule has 1 aromatic rings. The summed E-state index contributed by atoms with van der Waals surface area (Å²) in [6, 6.07) is -0.441. The molecule has 1 amide bonds. The van der Waals surface area contributed by atoms with Crippen LogP contribution < -0.4 is 11.1 Å². The first-order valence-corrected chi connectivity index (χ1v) is 6.85. The predicted molar refractivity (Wildman–Crippen MR) is 74.6 cm³/mol. The van der Waals surface area contributed by atoms with Gasteiger partial charge in [0, 0.05) is 24.2 Å². The molecule has 1 unspecified atom stereocenters. The Labute approximate surface area is 114 Å². The molecule has 1 atom stereocenters. The summed E-state index contributed by atoms with van der Waals surface area (Å²) in [4.78, 5) is 11.7. The number of carbonyl (C=O) groups is 1. The van der Waals surface area contributed by atoms with Crippen LogP contribution in [0.4, 0.5) is 0 Å². The van der Waals surface area contributed by atoms with Gasteiger partial charge in [-0.1, -0.05) is 20.8 Å². The number of nitrogens with zero attached hydrogens (tertiary/aromatic N) is 2. The van der Waals surface area contributed by atoms with E-state index in [0.29, 0.717) is 5.92 Å². The molecule has 0 saturated heterocycles. The van der Waals surface area contributed by atoms with Gasteiger partial charge < -0.3 is 11.1 Å². The molecule has 0 aliphatic heterocycles. The molecule has 3 N–H and O–H groups in total. The minimum Gasteiger partial charge on any atom is -0.368 e. The molecule has 5 nitrogen and oxygen atoms in total. The second-order valence-corrected chi connectivity index (χ2v) is 6.54. The minimum absolute atomic E-state index is 0.106. The fourth-order valence-corrected chi connectivity index (χ4v) is 2.27. The Morgan fingerprint density at radius 3 is 2.68 bits per heavy atom. The molecule has 19 heavy (non-hydrogen) atoms. The van der Waals surface area contributed by atoms with Crippen LogP contribution in [0.2, 0.25) is 0 Å². The molecule has 2 rings (SSSR count). The zero-order chi connectivity index (χ0) is 14.2. The van der Waals surface area contributed by atoms with Crippen LogP contribution in [0, 0.1) is 5.92 Å². The second-order valence-electron chi connectivity index (χ2n) is 6.54. The van der Waals surface area contributed by atoms with Gasteiger partial charge in [0.1, 0.15) is 6.04 Å². The third-order valence-electron chi connectivity index (χ3n) is 3.47. The first kappa shape index (κ1) is 14.1. The highest BCUT2D eigenvalue weighted by Crippen LogP contribution is 2.31. The molecule has 0 bridgehead atoms. The number of carbonyl (C=O) groups excluding carboxylic acids is 1. The van der Waals surface area contributed by atoms with E-state index in [0.717, 1.165) is 17.8 Å². The first-order valence-electron chi connectivity index (χ1n) is 6.85. The molecule has 1 saturated carbocycles. The summed E-state index contributed by atoms with van der Waals surface area (Å²) in [5, 5.41) is 7.79. The Morgan fingerprint density at radius 2 is 2.21 bits per heavy atom. The Bertz CT molecular complexity index is 468. The highest BCUT2D eigenvalue weighted by atomic mass is 16.1. The van der Waals surface area contributed by atoms with Gasteiger partial charge in [0.15, 0.2) is 0 Å². The maximum absolute atomic E-state index is 11.7. The molecule has 1 aliphatic rings. The van der Waals surface area contributed by atoms with Gasteiger partial charge in [0.05, 0.1) is 5.69 Å². The van der Waals surface area contributed by atoms with E-state index in [4.69, 9.17) is 5.73 Å². The van der Waals surface area contributed by atoms with Gasteiger partial charge in [-0.05, 0) is 25.3 Å². The largest absolute Gasteiger partial charge is 0.368 e. The maximum Gasteiger partial charge on any atom is 0.239 e. The fourth-order valence-electron chi connectivity index (χ4n) is 2.27. The van der Waals surface area contributed by atoms with Crippen molar-refractivity contribution in [3.05, 3.63) is 17.5 Å². The van der Waals surface area contributed by atoms with E-state index in [9.17, 15) is 4.79 Å². The number of aromatic nitrogens is 2. The normalized spacial score (nSPS) is 17.5. The average Bonchev–Trinajstić information content (AvgIpc) is 2.99. The van der Waals surface area contributed by atoms with Gasteiger partial charge in [0.25, 0.3) is 0 Å². The smallest absolute Gasteiger partial charge is 0.239 e. The number of rotatable bonds is 5. The van der Waals surface area contributed by atoms with Crippen LogP contribution in [0.5, 0.6) is 0 Å². The van der Waals surface area contributed by atoms with Crippen molar-refractivity contribution in [1.82, 2.24) is 15.1 Å². The quantitative estimate of drug-likeness (QED) is 0.840. The van der Waals surface area contributed by atoms with Crippen LogP contribution >= 0.6 is 0 Å². The number of amides is 1. The molecule has 0 radical (unpaired) electrons. The second kappa shape index (κ2) is 4.96. The summed E-state index contributed by atoms with van der Waals surface area (Å²) >= 11 is 0. The van der Waals surface area contributed by atoms with Gasteiger partial charge in [-0.25, -0.2) is 0 Å². The Hall–Kier alpha value is -1.36. The maximum atomic E-state index is 11.7. The molecule has 0 aromatic carbocycles. The van der Waals surface area contributed by atoms with E-state index in [-0.39, 0.29) is 11.3 Å². The summed E-state index contributed by atoms with van der Waals surface area (Å²) < 4.78 is 1.75. The van der Waals surface area contributed by atoms with Crippen molar-refractivity contribution in [3.8, 4) is 0 Å². The summed E-state index contributed by atoms with van der Waals surface area (Å²) in [6.45, 7) is 7.14. The van der Waals surface area contributed by atoms with E-state index in [1.807, 2.05) is 13.2 Å². The van der Waals surface area contributed by atoms with E-state index >= 15 is 0 Å². The lowest BCUT2D eigenvalue weighted by Crippen LogP contribution is -2.36. The predicted octanol–water partition coefficient (Wildman–Crippen LogP) is 1.24. The molecule has 1 fully saturated rings. The molecule has 1 aliphatic carbocycles. The van der Waals surface area contributed by atoms with Gasteiger partial charge in [0.2, 0.25) is 5.91 Å². The van der Waals surface area contributed by atoms with Crippen LogP contribution in [0.25, 0.3) is 0 Å². The van der Waals surface area contributed by atoms with Crippen molar-refractivity contribution in [1.29, 1.82) is 0 Å². The first-order chi connectivity index (χ1) is 8.79. The lowest BCUT2D eigenvalue weighted by atomic mass is 9.87. The third kappa shape index (κ3) is 3.35. The van der Waals surface area contributed by atoms with E-state index in [2.05, 4.69) is 31.2 Å². The average molecular weight is 264 g/mol. The molecule has 106 valence electrons. The number of primary amides is 1. The number of nitrogens with two attached hydrogens (primary N) is 1. The van der Waals surface area contributed by atoms with Gasteiger partial charge >= 0.3 is 0 Å². The molecule has 0 spiro atoms. The Kier molecular flexibility index (Phi) is 3.67. The number of nitrogens with one attached hydrogen (secondary N) is 1. The van der Waals surface area contributed by atoms with Crippen molar-refractivity contribution in [2.45, 2.75) is 45.1 Å². The Balaban J connectivity index is 2.26. The number of hydrogen-bond acceptors (Lipinski definition) is 3. The molecule has 1 heterocycles. The highest BCUT2D eigenvalue weighted by Gasteiger charge is 2.31. The monoisotopic (exact) mass is 264 g/mol. The number of hydrogen-bond donors (Lipinski definition) is 2. The van der Waals surface area contributed by atoms with Gasteiger partial charge in [-0.2, -0.15) is 5.10 Å². The van der Waals surface area contributed by atoms with Crippen molar-refractivity contribution in [2.75, 3.05) is 6.54 Å². The topological polar surface area (TPSA) is 72.9 Å². The summed E-state index contributed by atoms with van der Waals surface area (Å²) in [5.41, 5.74) is 7.29. The molecular formula is C14H24N4O. The molecule has 5 heteroatoms. The lowest BCUT2D eigenvalue weighted by Gasteiger charge is -2.21. The zero-order valence-corrected chi connectivity index (χ0v) is 12.2. The summed E-state index contributed by atoms with van der Waals surface area (Å²) in [5.74, 6) is 0.371. The molecular weight excluding hydrogens is 240 g/mol. The third-order valence-corrected chi connectivity index (χ3v) is 3.47. The molecule has 1 aromatic heterocycles. The van der Waals surface area contributed by atoms with E-state index < -0.39 is 6.04 Å². The van der Waals surface area contributed by atoms with Gasteiger partial charge in [-0.3, -0.25) is 9.48 Å². The van der Waals surface area contributed by atoms with Crippen LogP contribution in [0.1, 0.15) is 50.9 Å². The van der Waals surface area contributed by atoms with Crippen molar-refractivity contribution in [3.63, 3.8) is 0 Å². The Morgan fingerprint density at radius 1 is 1.58 bits per heavy atom. The van der Waals surface area contributed by atoms with E-state index in [1.165, 1.54) is 12.8 Å². The number of aryl methyl sites for hydroxylation is 1. The lowest BCUT2D eigenvalue weighted by molar-refractivity contribution is -0.120. The van der Waals surface area contributed by atoms with Gasteiger partial charge in [-0.15, -0.1) is 0 Å².